The van der Waals surface area contributed by atoms with Crippen molar-refractivity contribution < 1.29 is 13.5 Å². The van der Waals surface area contributed by atoms with Crippen molar-refractivity contribution in [2.24, 2.45) is 0 Å². The zero-order valence-electron chi connectivity index (χ0n) is 10.3. The Morgan fingerprint density at radius 2 is 1.82 bits per heavy atom. The first-order chi connectivity index (χ1) is 7.72. The van der Waals surface area contributed by atoms with Crippen LogP contribution in [-0.4, -0.2) is 36.5 Å². The number of benzene rings is 1. The summed E-state index contributed by atoms with van der Waals surface area (Å²) in [6, 6.07) is 5.10. The van der Waals surface area contributed by atoms with Crippen LogP contribution in [-0.2, 0) is 10.0 Å². The normalized spacial score (nSPS) is 20.0. The van der Waals surface area contributed by atoms with Gasteiger partial charge >= 0.3 is 0 Å². The van der Waals surface area contributed by atoms with E-state index in [1.165, 1.54) is 4.31 Å². The Morgan fingerprint density at radius 1 is 1.24 bits per heavy atom. The second-order valence-corrected chi connectivity index (χ2v) is 6.95. The zero-order valence-corrected chi connectivity index (χ0v) is 11.1. The van der Waals surface area contributed by atoms with Crippen LogP contribution in [0.2, 0.25) is 0 Å². The third-order valence-corrected chi connectivity index (χ3v) is 4.94. The van der Waals surface area contributed by atoms with Gasteiger partial charge < -0.3 is 5.11 Å². The first kappa shape index (κ1) is 12.5. The van der Waals surface area contributed by atoms with E-state index in [0.29, 0.717) is 4.90 Å². The fourth-order valence-corrected chi connectivity index (χ4v) is 3.67. The lowest BCUT2D eigenvalue weighted by molar-refractivity contribution is -0.0426. The monoisotopic (exact) mass is 255 g/mol. The molecule has 1 aliphatic rings. The Labute approximate surface area is 102 Å². The molecule has 4 nitrogen and oxygen atoms in total. The summed E-state index contributed by atoms with van der Waals surface area (Å²) in [5.41, 5.74) is 1.14. The van der Waals surface area contributed by atoms with Crippen LogP contribution in [0.25, 0.3) is 0 Å². The number of hydrogen-bond donors (Lipinski definition) is 1. The minimum Gasteiger partial charge on any atom is -0.387 e. The second-order valence-electron chi connectivity index (χ2n) is 5.02. The van der Waals surface area contributed by atoms with Gasteiger partial charge in [-0.05, 0) is 44.0 Å². The molecule has 1 heterocycles. The minimum absolute atomic E-state index is 0.169. The zero-order chi connectivity index (χ0) is 12.8. The summed E-state index contributed by atoms with van der Waals surface area (Å²) in [6.07, 6.45) is 0. The van der Waals surface area contributed by atoms with Gasteiger partial charge in [0.05, 0.1) is 10.5 Å². The number of aryl methyl sites for hydroxylation is 2. The Balaban J connectivity index is 2.30. The lowest BCUT2D eigenvalue weighted by atomic mass is 10.0. The molecule has 1 aliphatic heterocycles. The van der Waals surface area contributed by atoms with Crippen molar-refractivity contribution in [1.82, 2.24) is 4.31 Å². The van der Waals surface area contributed by atoms with Crippen LogP contribution in [0.4, 0.5) is 0 Å². The maximum absolute atomic E-state index is 12.2. The third-order valence-electron chi connectivity index (χ3n) is 3.15. The van der Waals surface area contributed by atoms with E-state index in [-0.39, 0.29) is 13.1 Å². The highest BCUT2D eigenvalue weighted by atomic mass is 32.2. The highest BCUT2D eigenvalue weighted by molar-refractivity contribution is 7.89. The molecule has 0 saturated carbocycles. The van der Waals surface area contributed by atoms with Crippen molar-refractivity contribution in [3.05, 3.63) is 29.3 Å². The van der Waals surface area contributed by atoms with Gasteiger partial charge in [0.2, 0.25) is 10.0 Å². The Morgan fingerprint density at radius 3 is 2.29 bits per heavy atom. The fourth-order valence-electron chi connectivity index (χ4n) is 1.91. The number of hydrogen-bond acceptors (Lipinski definition) is 3. The van der Waals surface area contributed by atoms with Crippen LogP contribution >= 0.6 is 0 Å². The largest absolute Gasteiger partial charge is 0.387 e. The molecule has 0 aliphatic carbocycles. The summed E-state index contributed by atoms with van der Waals surface area (Å²) in [6.45, 7) is 5.81. The van der Waals surface area contributed by atoms with Crippen molar-refractivity contribution >= 4 is 10.0 Å². The van der Waals surface area contributed by atoms with Crippen molar-refractivity contribution in [3.63, 3.8) is 0 Å². The van der Waals surface area contributed by atoms with Gasteiger partial charge in [-0.1, -0.05) is 6.07 Å². The number of aliphatic hydroxyl groups is 1. The SMILES string of the molecule is Cc1ccc(S(=O)(=O)N2CC(C)(O)C2)cc1C. The highest BCUT2D eigenvalue weighted by Gasteiger charge is 2.43. The summed E-state index contributed by atoms with van der Waals surface area (Å²) in [5.74, 6) is 0. The molecule has 1 saturated heterocycles. The second kappa shape index (κ2) is 3.80. The Kier molecular flexibility index (Phi) is 2.80. The van der Waals surface area contributed by atoms with Gasteiger partial charge in [0.25, 0.3) is 0 Å². The van der Waals surface area contributed by atoms with Crippen LogP contribution in [0.3, 0.4) is 0 Å². The number of nitrogens with zero attached hydrogens (tertiary/aromatic N) is 1. The number of β-amino-alcohol motifs (C(OH)–C–C–N with tert-alkyl or cyclic N) is 1. The average molecular weight is 255 g/mol. The maximum Gasteiger partial charge on any atom is 0.243 e. The van der Waals surface area contributed by atoms with E-state index in [1.807, 2.05) is 13.8 Å². The molecule has 0 aromatic heterocycles. The molecular formula is C12H17NO3S. The van der Waals surface area contributed by atoms with Gasteiger partial charge in [-0.25, -0.2) is 8.42 Å². The van der Waals surface area contributed by atoms with Crippen LogP contribution in [0, 0.1) is 13.8 Å². The van der Waals surface area contributed by atoms with Gasteiger partial charge in [-0.15, -0.1) is 0 Å². The van der Waals surface area contributed by atoms with E-state index in [0.717, 1.165) is 11.1 Å². The van der Waals surface area contributed by atoms with E-state index in [4.69, 9.17) is 0 Å². The van der Waals surface area contributed by atoms with E-state index >= 15 is 0 Å². The lowest BCUT2D eigenvalue weighted by Gasteiger charge is -2.42. The number of rotatable bonds is 2. The molecule has 0 atom stereocenters. The smallest absolute Gasteiger partial charge is 0.243 e. The van der Waals surface area contributed by atoms with Gasteiger partial charge in [0.15, 0.2) is 0 Å². The maximum atomic E-state index is 12.2. The molecule has 0 amide bonds. The summed E-state index contributed by atoms with van der Waals surface area (Å²) in [4.78, 5) is 0.302. The average Bonchev–Trinajstić information content (AvgIpc) is 2.18. The summed E-state index contributed by atoms with van der Waals surface area (Å²) in [7, 11) is -3.44. The molecule has 0 spiro atoms. The van der Waals surface area contributed by atoms with Crippen LogP contribution in [0.15, 0.2) is 23.1 Å². The van der Waals surface area contributed by atoms with Crippen LogP contribution < -0.4 is 0 Å². The molecule has 94 valence electrons. The van der Waals surface area contributed by atoms with E-state index in [1.54, 1.807) is 25.1 Å². The summed E-state index contributed by atoms with van der Waals surface area (Å²) in [5, 5.41) is 9.59. The minimum atomic E-state index is -3.44. The first-order valence-electron chi connectivity index (χ1n) is 5.52. The van der Waals surface area contributed by atoms with Gasteiger partial charge in [-0.2, -0.15) is 4.31 Å². The molecule has 5 heteroatoms. The van der Waals surface area contributed by atoms with Crippen molar-refractivity contribution in [2.45, 2.75) is 31.3 Å². The fraction of sp³-hybridized carbons (Fsp3) is 0.500. The van der Waals surface area contributed by atoms with E-state index in [9.17, 15) is 13.5 Å². The highest BCUT2D eigenvalue weighted by Crippen LogP contribution is 2.28. The predicted molar refractivity (Wildman–Crippen MR) is 65.3 cm³/mol. The van der Waals surface area contributed by atoms with Crippen molar-refractivity contribution in [3.8, 4) is 0 Å². The molecule has 2 rings (SSSR count). The third kappa shape index (κ3) is 2.22. The molecule has 0 radical (unpaired) electrons. The van der Waals surface area contributed by atoms with Gasteiger partial charge in [-0.3, -0.25) is 0 Å². The lowest BCUT2D eigenvalue weighted by Crippen LogP contribution is -2.61. The molecule has 17 heavy (non-hydrogen) atoms. The summed E-state index contributed by atoms with van der Waals surface area (Å²) >= 11 is 0. The number of sulfonamides is 1. The quantitative estimate of drug-likeness (QED) is 0.859. The predicted octanol–water partition coefficient (Wildman–Crippen LogP) is 1.06. The van der Waals surface area contributed by atoms with Gasteiger partial charge in [0.1, 0.15) is 0 Å². The molecule has 0 bridgehead atoms. The van der Waals surface area contributed by atoms with Crippen LogP contribution in [0.1, 0.15) is 18.1 Å². The van der Waals surface area contributed by atoms with E-state index in [2.05, 4.69) is 0 Å². The first-order valence-corrected chi connectivity index (χ1v) is 6.96. The molecule has 1 fully saturated rings. The van der Waals surface area contributed by atoms with E-state index < -0.39 is 15.6 Å². The molecule has 1 N–H and O–H groups in total. The van der Waals surface area contributed by atoms with Crippen molar-refractivity contribution in [1.29, 1.82) is 0 Å². The molecule has 1 aromatic rings. The molecular weight excluding hydrogens is 238 g/mol. The van der Waals surface area contributed by atoms with Gasteiger partial charge in [0, 0.05) is 13.1 Å². The standard InChI is InChI=1S/C12H17NO3S/c1-9-4-5-11(6-10(9)2)17(15,16)13-7-12(3,14)8-13/h4-6,14H,7-8H2,1-3H3. The topological polar surface area (TPSA) is 57.6 Å². The molecule has 0 unspecified atom stereocenters. The molecule has 1 aromatic carbocycles. The Hall–Kier alpha value is -0.910. The van der Waals surface area contributed by atoms with Crippen LogP contribution in [0.5, 0.6) is 0 Å². The summed E-state index contributed by atoms with van der Waals surface area (Å²) < 4.78 is 25.7. The van der Waals surface area contributed by atoms with Crippen molar-refractivity contribution in [2.75, 3.05) is 13.1 Å². The Bertz CT molecular complexity index is 541.